The Labute approximate surface area is 122 Å². The van der Waals surface area contributed by atoms with Crippen molar-refractivity contribution in [1.82, 2.24) is 9.88 Å². The normalized spacial score (nSPS) is 12.0. The number of rotatable bonds is 6. The number of nitrogens with one attached hydrogen (secondary N) is 1. The van der Waals surface area contributed by atoms with E-state index in [1.54, 1.807) is 20.8 Å². The maximum Gasteiger partial charge on any atom is 0.328 e. The molecular weight excluding hydrogens is 278 g/mol. The zero-order valence-electron chi connectivity index (χ0n) is 12.5. The highest BCUT2D eigenvalue weighted by molar-refractivity contribution is 5.96. The molecule has 0 aliphatic rings. The molecule has 0 saturated heterocycles. The summed E-state index contributed by atoms with van der Waals surface area (Å²) in [6.07, 6.45) is 1.30. The van der Waals surface area contributed by atoms with Crippen LogP contribution in [0.5, 0.6) is 0 Å². The predicted octanol–water partition coefficient (Wildman–Crippen LogP) is 1.66. The van der Waals surface area contributed by atoms with E-state index in [-0.39, 0.29) is 24.0 Å². The van der Waals surface area contributed by atoms with Crippen molar-refractivity contribution in [2.24, 2.45) is 0 Å². The van der Waals surface area contributed by atoms with Crippen molar-refractivity contribution in [3.8, 4) is 0 Å². The summed E-state index contributed by atoms with van der Waals surface area (Å²) < 4.78 is 6.28. The fourth-order valence-electron chi connectivity index (χ4n) is 1.77. The first-order valence-electron chi connectivity index (χ1n) is 6.61. The highest BCUT2D eigenvalue weighted by Crippen LogP contribution is 2.20. The van der Waals surface area contributed by atoms with Gasteiger partial charge in [0, 0.05) is 12.1 Å². The van der Waals surface area contributed by atoms with Crippen molar-refractivity contribution in [2.75, 3.05) is 6.61 Å². The Kier molecular flexibility index (Phi) is 5.45. The molecule has 0 fully saturated rings. The van der Waals surface area contributed by atoms with Crippen LogP contribution in [-0.2, 0) is 9.53 Å². The van der Waals surface area contributed by atoms with Gasteiger partial charge in [0.15, 0.2) is 0 Å². The summed E-state index contributed by atoms with van der Waals surface area (Å²) in [6.45, 7) is 6.98. The Morgan fingerprint density at radius 1 is 1.43 bits per heavy atom. The van der Waals surface area contributed by atoms with Gasteiger partial charge in [-0.05, 0) is 27.7 Å². The van der Waals surface area contributed by atoms with Gasteiger partial charge in [-0.3, -0.25) is 14.9 Å². The van der Waals surface area contributed by atoms with Crippen LogP contribution in [0, 0.1) is 10.1 Å². The minimum absolute atomic E-state index is 0.127. The van der Waals surface area contributed by atoms with Crippen LogP contribution >= 0.6 is 0 Å². The van der Waals surface area contributed by atoms with E-state index in [4.69, 9.17) is 4.74 Å². The maximum atomic E-state index is 12.2. The lowest BCUT2D eigenvalue weighted by molar-refractivity contribution is -0.384. The van der Waals surface area contributed by atoms with Crippen LogP contribution in [-0.4, -0.2) is 34.0 Å². The summed E-state index contributed by atoms with van der Waals surface area (Å²) in [5.41, 5.74) is -0.0366. The Balaban J connectivity index is 2.96. The van der Waals surface area contributed by atoms with Gasteiger partial charge in [-0.25, -0.2) is 4.79 Å². The van der Waals surface area contributed by atoms with Gasteiger partial charge in [0.2, 0.25) is 0 Å². The minimum Gasteiger partial charge on any atom is -0.464 e. The summed E-state index contributed by atoms with van der Waals surface area (Å²) in [5, 5.41) is 13.3. The zero-order valence-corrected chi connectivity index (χ0v) is 12.5. The first-order valence-corrected chi connectivity index (χ1v) is 6.61. The molecule has 1 aromatic rings. The fraction of sp³-hybridized carbons (Fsp3) is 0.538. The largest absolute Gasteiger partial charge is 0.464 e. The number of nitrogens with zero attached hydrogens (tertiary/aromatic N) is 2. The van der Waals surface area contributed by atoms with Gasteiger partial charge in [0.05, 0.1) is 17.7 Å². The Hall–Kier alpha value is -2.38. The third kappa shape index (κ3) is 4.04. The molecule has 0 radical (unpaired) electrons. The monoisotopic (exact) mass is 297 g/mol. The molecule has 1 amide bonds. The first-order chi connectivity index (χ1) is 9.77. The van der Waals surface area contributed by atoms with E-state index < -0.39 is 22.8 Å². The molecule has 21 heavy (non-hydrogen) atoms. The molecule has 116 valence electrons. The van der Waals surface area contributed by atoms with E-state index in [1.165, 1.54) is 23.8 Å². The minimum atomic E-state index is -0.827. The second-order valence-electron chi connectivity index (χ2n) is 4.79. The lowest BCUT2D eigenvalue weighted by Gasteiger charge is -2.15. The van der Waals surface area contributed by atoms with Gasteiger partial charge in [-0.15, -0.1) is 0 Å². The molecule has 0 bridgehead atoms. The van der Waals surface area contributed by atoms with Gasteiger partial charge in [-0.2, -0.15) is 0 Å². The second kappa shape index (κ2) is 6.87. The van der Waals surface area contributed by atoms with Crippen LogP contribution in [0.15, 0.2) is 12.3 Å². The number of hydrogen-bond acceptors (Lipinski definition) is 5. The van der Waals surface area contributed by atoms with Gasteiger partial charge in [0.1, 0.15) is 11.7 Å². The number of hydrogen-bond donors (Lipinski definition) is 1. The van der Waals surface area contributed by atoms with Gasteiger partial charge in [-0.1, -0.05) is 0 Å². The molecule has 0 saturated carbocycles. The van der Waals surface area contributed by atoms with Crippen LogP contribution in [0.3, 0.4) is 0 Å². The van der Waals surface area contributed by atoms with Crippen LogP contribution in [0.4, 0.5) is 5.69 Å². The van der Waals surface area contributed by atoms with Gasteiger partial charge >= 0.3 is 5.97 Å². The Morgan fingerprint density at radius 2 is 2.05 bits per heavy atom. The number of amides is 1. The standard InChI is InChI=1S/C13H19N3O5/c1-5-21-13(18)9(4)14-12(17)11-6-10(16(19)20)7-15(11)8(2)3/h6-9H,5H2,1-4H3,(H,14,17). The summed E-state index contributed by atoms with van der Waals surface area (Å²) in [7, 11) is 0. The molecule has 0 aromatic carbocycles. The quantitative estimate of drug-likeness (QED) is 0.488. The van der Waals surface area contributed by atoms with Crippen molar-refractivity contribution in [3.05, 3.63) is 28.1 Å². The fourth-order valence-corrected chi connectivity index (χ4v) is 1.77. The van der Waals surface area contributed by atoms with Crippen molar-refractivity contribution in [2.45, 2.75) is 39.8 Å². The van der Waals surface area contributed by atoms with Crippen molar-refractivity contribution < 1.29 is 19.2 Å². The van der Waals surface area contributed by atoms with Crippen LogP contribution < -0.4 is 5.32 Å². The highest BCUT2D eigenvalue weighted by atomic mass is 16.6. The number of aromatic nitrogens is 1. The molecule has 8 heteroatoms. The van der Waals surface area contributed by atoms with E-state index in [2.05, 4.69) is 5.32 Å². The molecule has 1 aromatic heterocycles. The molecular formula is C13H19N3O5. The molecule has 1 heterocycles. The van der Waals surface area contributed by atoms with E-state index in [0.717, 1.165) is 0 Å². The average molecular weight is 297 g/mol. The van der Waals surface area contributed by atoms with Crippen LogP contribution in [0.1, 0.15) is 44.2 Å². The highest BCUT2D eigenvalue weighted by Gasteiger charge is 2.24. The summed E-state index contributed by atoms with van der Waals surface area (Å²) in [4.78, 5) is 33.9. The van der Waals surface area contributed by atoms with E-state index in [9.17, 15) is 19.7 Å². The molecule has 1 atom stereocenters. The Morgan fingerprint density at radius 3 is 2.52 bits per heavy atom. The van der Waals surface area contributed by atoms with E-state index in [0.29, 0.717) is 0 Å². The molecule has 0 aliphatic heterocycles. The van der Waals surface area contributed by atoms with Crippen molar-refractivity contribution >= 4 is 17.6 Å². The third-order valence-electron chi connectivity index (χ3n) is 2.82. The average Bonchev–Trinajstić information content (AvgIpc) is 2.84. The molecule has 8 nitrogen and oxygen atoms in total. The molecule has 1 unspecified atom stereocenters. The number of ether oxygens (including phenoxy) is 1. The maximum absolute atomic E-state index is 12.2. The molecule has 1 rings (SSSR count). The second-order valence-corrected chi connectivity index (χ2v) is 4.79. The van der Waals surface area contributed by atoms with Crippen LogP contribution in [0.25, 0.3) is 0 Å². The summed E-state index contributed by atoms with van der Waals surface area (Å²) in [6, 6.07) is 0.233. The molecule has 0 spiro atoms. The van der Waals surface area contributed by atoms with E-state index in [1.807, 2.05) is 0 Å². The smallest absolute Gasteiger partial charge is 0.328 e. The van der Waals surface area contributed by atoms with E-state index >= 15 is 0 Å². The van der Waals surface area contributed by atoms with Crippen molar-refractivity contribution in [3.63, 3.8) is 0 Å². The zero-order chi connectivity index (χ0) is 16.2. The number of nitro groups is 1. The predicted molar refractivity (Wildman–Crippen MR) is 75.0 cm³/mol. The topological polar surface area (TPSA) is 103 Å². The molecule has 1 N–H and O–H groups in total. The SMILES string of the molecule is CCOC(=O)C(C)NC(=O)c1cc([N+](=O)[O-])cn1C(C)C. The van der Waals surface area contributed by atoms with Gasteiger partial charge < -0.3 is 14.6 Å². The Bertz CT molecular complexity index is 550. The lowest BCUT2D eigenvalue weighted by atomic mass is 10.3. The number of carbonyl (C=O) groups excluding carboxylic acids is 2. The third-order valence-corrected chi connectivity index (χ3v) is 2.82. The summed E-state index contributed by atoms with van der Waals surface area (Å²) >= 11 is 0. The lowest BCUT2D eigenvalue weighted by Crippen LogP contribution is -2.40. The van der Waals surface area contributed by atoms with Crippen molar-refractivity contribution in [1.29, 1.82) is 0 Å². The summed E-state index contributed by atoms with van der Waals surface area (Å²) in [5.74, 6) is -1.11. The van der Waals surface area contributed by atoms with Gasteiger partial charge in [0.25, 0.3) is 11.6 Å². The molecule has 0 aliphatic carbocycles. The number of esters is 1. The number of carbonyl (C=O) groups is 2. The first kappa shape index (κ1) is 16.7. The van der Waals surface area contributed by atoms with Crippen LogP contribution in [0.2, 0.25) is 0 Å².